The zero-order valence-electron chi connectivity index (χ0n) is 12.4. The summed E-state index contributed by atoms with van der Waals surface area (Å²) in [4.78, 5) is 14.9. The smallest absolute Gasteiger partial charge is 0.170 e. The summed E-state index contributed by atoms with van der Waals surface area (Å²) in [6.07, 6.45) is 3.57. The van der Waals surface area contributed by atoms with Crippen LogP contribution in [0.5, 0.6) is 5.75 Å². The molecule has 1 unspecified atom stereocenters. The van der Waals surface area contributed by atoms with E-state index in [4.69, 9.17) is 4.74 Å². The van der Waals surface area contributed by atoms with Crippen LogP contribution in [0.2, 0.25) is 0 Å². The summed E-state index contributed by atoms with van der Waals surface area (Å²) in [5, 5.41) is 0. The van der Waals surface area contributed by atoms with Gasteiger partial charge in [0, 0.05) is 19.0 Å². The van der Waals surface area contributed by atoms with Gasteiger partial charge in [-0.2, -0.15) is 0 Å². The van der Waals surface area contributed by atoms with Crippen molar-refractivity contribution in [3.05, 3.63) is 29.8 Å². The number of likely N-dealkylation sites (tertiary alicyclic amines) is 1. The van der Waals surface area contributed by atoms with Crippen LogP contribution in [-0.2, 0) is 0 Å². The van der Waals surface area contributed by atoms with Crippen LogP contribution in [0, 0.1) is 0 Å². The fraction of sp³-hybridized carbons (Fsp3) is 0.588. The van der Waals surface area contributed by atoms with Crippen molar-refractivity contribution in [1.29, 1.82) is 0 Å². The van der Waals surface area contributed by atoms with Gasteiger partial charge in [-0.15, -0.1) is 0 Å². The second kappa shape index (κ2) is 5.21. The van der Waals surface area contributed by atoms with Crippen LogP contribution >= 0.6 is 0 Å². The van der Waals surface area contributed by atoms with Gasteiger partial charge in [-0.25, -0.2) is 0 Å². The third-order valence-electron chi connectivity index (χ3n) is 4.66. The molecule has 1 fully saturated rings. The maximum atomic E-state index is 12.4. The van der Waals surface area contributed by atoms with Crippen LogP contribution in [0.3, 0.4) is 0 Å². The minimum Gasteiger partial charge on any atom is -0.486 e. The van der Waals surface area contributed by atoms with Crippen LogP contribution in [0.15, 0.2) is 24.3 Å². The van der Waals surface area contributed by atoms with Crippen molar-refractivity contribution in [2.45, 2.75) is 51.2 Å². The van der Waals surface area contributed by atoms with Crippen molar-refractivity contribution in [3.63, 3.8) is 0 Å². The summed E-state index contributed by atoms with van der Waals surface area (Å²) in [6, 6.07) is 8.23. The molecule has 1 spiro atoms. The average molecular weight is 273 g/mol. The van der Waals surface area contributed by atoms with Crippen molar-refractivity contribution in [2.75, 3.05) is 13.1 Å². The van der Waals surface area contributed by atoms with Gasteiger partial charge in [0.15, 0.2) is 5.78 Å². The molecule has 0 amide bonds. The lowest BCUT2D eigenvalue weighted by Crippen LogP contribution is -2.43. The molecule has 2 aliphatic heterocycles. The van der Waals surface area contributed by atoms with Gasteiger partial charge in [0.05, 0.1) is 12.0 Å². The lowest BCUT2D eigenvalue weighted by molar-refractivity contribution is 0.0294. The van der Waals surface area contributed by atoms with Crippen molar-refractivity contribution < 1.29 is 9.53 Å². The van der Waals surface area contributed by atoms with Crippen LogP contribution in [-0.4, -0.2) is 35.4 Å². The number of fused-ring (bicyclic) bond motifs is 1. The Morgan fingerprint density at radius 3 is 2.80 bits per heavy atom. The molecule has 1 saturated heterocycles. The molecule has 108 valence electrons. The van der Waals surface area contributed by atoms with E-state index < -0.39 is 0 Å². The Bertz CT molecular complexity index is 511. The molecule has 1 aromatic rings. The van der Waals surface area contributed by atoms with Gasteiger partial charge < -0.3 is 9.64 Å². The Balaban J connectivity index is 1.83. The van der Waals surface area contributed by atoms with Crippen molar-refractivity contribution >= 4 is 5.78 Å². The van der Waals surface area contributed by atoms with Crippen molar-refractivity contribution in [2.24, 2.45) is 0 Å². The molecule has 3 rings (SSSR count). The number of ether oxygens (including phenoxy) is 1. The monoisotopic (exact) mass is 273 g/mol. The van der Waals surface area contributed by atoms with E-state index in [9.17, 15) is 4.79 Å². The van der Waals surface area contributed by atoms with Crippen LogP contribution in [0.1, 0.15) is 49.9 Å². The number of para-hydroxylation sites is 1. The minimum absolute atomic E-state index is 0.241. The number of carbonyl (C=O) groups excluding carboxylic acids is 1. The number of rotatable bonds is 1. The fourth-order valence-corrected chi connectivity index (χ4v) is 3.43. The molecule has 3 nitrogen and oxygen atoms in total. The number of nitrogens with zero attached hydrogens (tertiary/aromatic N) is 1. The van der Waals surface area contributed by atoms with E-state index >= 15 is 0 Å². The lowest BCUT2D eigenvalue weighted by Gasteiger charge is -2.37. The second-order valence-corrected chi connectivity index (χ2v) is 6.36. The molecule has 2 aliphatic rings. The van der Waals surface area contributed by atoms with E-state index in [1.807, 2.05) is 24.3 Å². The molecule has 20 heavy (non-hydrogen) atoms. The van der Waals surface area contributed by atoms with Gasteiger partial charge in [-0.3, -0.25) is 4.79 Å². The van der Waals surface area contributed by atoms with E-state index in [0.29, 0.717) is 12.5 Å². The Morgan fingerprint density at radius 1 is 1.20 bits per heavy atom. The van der Waals surface area contributed by atoms with Gasteiger partial charge in [-0.1, -0.05) is 12.1 Å². The zero-order valence-corrected chi connectivity index (χ0v) is 12.4. The Kier molecular flexibility index (Phi) is 3.55. The molecular weight excluding hydrogens is 250 g/mol. The molecule has 3 heteroatoms. The van der Waals surface area contributed by atoms with Crippen LogP contribution < -0.4 is 4.74 Å². The zero-order chi connectivity index (χ0) is 14.2. The van der Waals surface area contributed by atoms with Crippen molar-refractivity contribution in [1.82, 2.24) is 4.90 Å². The first-order chi connectivity index (χ1) is 9.60. The van der Waals surface area contributed by atoms with Gasteiger partial charge in [0.2, 0.25) is 0 Å². The third-order valence-corrected chi connectivity index (χ3v) is 4.66. The normalized spacial score (nSPS) is 27.2. The third kappa shape index (κ3) is 2.47. The van der Waals surface area contributed by atoms with E-state index in [0.717, 1.165) is 43.7 Å². The van der Waals surface area contributed by atoms with Crippen LogP contribution in [0.25, 0.3) is 0 Å². The largest absolute Gasteiger partial charge is 0.486 e. The summed E-state index contributed by atoms with van der Waals surface area (Å²) < 4.78 is 6.29. The molecule has 0 radical (unpaired) electrons. The average Bonchev–Trinajstić information content (AvgIpc) is 2.62. The molecule has 0 N–H and O–H groups in total. The van der Waals surface area contributed by atoms with Gasteiger partial charge in [-0.05, 0) is 45.4 Å². The Morgan fingerprint density at radius 2 is 2.00 bits per heavy atom. The maximum Gasteiger partial charge on any atom is 0.170 e. The highest BCUT2D eigenvalue weighted by Crippen LogP contribution is 2.39. The van der Waals surface area contributed by atoms with Gasteiger partial charge in [0.1, 0.15) is 11.4 Å². The molecule has 2 heterocycles. The number of hydrogen-bond donors (Lipinski definition) is 0. The first kappa shape index (κ1) is 13.6. The van der Waals surface area contributed by atoms with Gasteiger partial charge in [0.25, 0.3) is 0 Å². The highest BCUT2D eigenvalue weighted by molar-refractivity contribution is 6.00. The maximum absolute atomic E-state index is 12.4. The lowest BCUT2D eigenvalue weighted by atomic mass is 9.84. The number of carbonyl (C=O) groups is 1. The molecule has 1 atom stereocenters. The molecule has 0 bridgehead atoms. The predicted molar refractivity (Wildman–Crippen MR) is 79.3 cm³/mol. The summed E-state index contributed by atoms with van der Waals surface area (Å²) in [7, 11) is 0. The molecular formula is C17H23NO2. The molecule has 0 aliphatic carbocycles. The summed E-state index contributed by atoms with van der Waals surface area (Å²) in [6.45, 7) is 6.60. The summed E-state index contributed by atoms with van der Waals surface area (Å²) >= 11 is 0. The van der Waals surface area contributed by atoms with Crippen molar-refractivity contribution in [3.8, 4) is 5.75 Å². The summed E-state index contributed by atoms with van der Waals surface area (Å²) in [5.74, 6) is 1.02. The Hall–Kier alpha value is -1.35. The minimum atomic E-state index is -0.269. The molecule has 0 aromatic heterocycles. The Labute approximate surface area is 120 Å². The number of benzene rings is 1. The highest BCUT2D eigenvalue weighted by Gasteiger charge is 2.41. The van der Waals surface area contributed by atoms with E-state index in [-0.39, 0.29) is 11.4 Å². The number of Topliss-reactive ketones (excluding diaryl/α,β-unsaturated/α-hetero) is 1. The first-order valence-electron chi connectivity index (χ1n) is 7.65. The summed E-state index contributed by atoms with van der Waals surface area (Å²) in [5.41, 5.74) is 0.484. The topological polar surface area (TPSA) is 29.5 Å². The van der Waals surface area contributed by atoms with Crippen LogP contribution in [0.4, 0.5) is 0 Å². The SMILES string of the molecule is CC(C)N1CCCC2(CC1)CC(=O)c1ccccc1O2. The highest BCUT2D eigenvalue weighted by atomic mass is 16.5. The quantitative estimate of drug-likeness (QED) is 0.786. The molecule has 1 aromatic carbocycles. The number of ketones is 1. The van der Waals surface area contributed by atoms with E-state index in [1.165, 1.54) is 0 Å². The molecule has 0 saturated carbocycles. The van der Waals surface area contributed by atoms with E-state index in [1.54, 1.807) is 0 Å². The van der Waals surface area contributed by atoms with Gasteiger partial charge >= 0.3 is 0 Å². The first-order valence-corrected chi connectivity index (χ1v) is 7.65. The predicted octanol–water partition coefficient (Wildman–Crippen LogP) is 3.28. The van der Waals surface area contributed by atoms with E-state index in [2.05, 4.69) is 18.7 Å². The standard InChI is InChI=1S/C17H23NO2/c1-13(2)18-10-5-8-17(9-11-18)12-15(19)14-6-3-4-7-16(14)20-17/h3-4,6-7,13H,5,8-12H2,1-2H3. The second-order valence-electron chi connectivity index (χ2n) is 6.36. The number of hydrogen-bond acceptors (Lipinski definition) is 3. The fourth-order valence-electron chi connectivity index (χ4n) is 3.43.